The van der Waals surface area contributed by atoms with Crippen molar-refractivity contribution < 1.29 is 18.7 Å². The number of hydrogen-bond acceptors (Lipinski definition) is 5. The van der Waals surface area contributed by atoms with Gasteiger partial charge in [0.2, 0.25) is 5.91 Å². The van der Waals surface area contributed by atoms with Crippen LogP contribution in [0.2, 0.25) is 5.02 Å². The first-order chi connectivity index (χ1) is 13.5. The molecular formula is C21H25ClN2O4. The smallest absolute Gasteiger partial charge is 0.220 e. The maximum atomic E-state index is 12.3. The number of halogens is 1. The van der Waals surface area contributed by atoms with Crippen LogP contribution in [-0.4, -0.2) is 49.4 Å². The molecule has 2 heterocycles. The van der Waals surface area contributed by atoms with Crippen molar-refractivity contribution in [2.75, 3.05) is 32.8 Å². The molecule has 1 aliphatic heterocycles. The molecule has 28 heavy (non-hydrogen) atoms. The molecule has 1 aromatic heterocycles. The average Bonchev–Trinajstić information content (AvgIpc) is 3.13. The molecule has 2 aromatic rings. The number of amides is 1. The molecule has 1 unspecified atom stereocenters. The largest absolute Gasteiger partial charge is 0.465 e. The van der Waals surface area contributed by atoms with Crippen molar-refractivity contribution >= 4 is 23.3 Å². The van der Waals surface area contributed by atoms with Crippen LogP contribution in [0, 0.1) is 6.92 Å². The zero-order valence-electron chi connectivity index (χ0n) is 15.9. The molecule has 1 fully saturated rings. The molecule has 0 saturated carbocycles. The topological polar surface area (TPSA) is 71.8 Å². The van der Waals surface area contributed by atoms with Crippen molar-refractivity contribution in [1.29, 1.82) is 0 Å². The van der Waals surface area contributed by atoms with Gasteiger partial charge in [0.15, 0.2) is 5.78 Å². The lowest BCUT2D eigenvalue weighted by Crippen LogP contribution is -2.43. The van der Waals surface area contributed by atoms with Gasteiger partial charge in [0, 0.05) is 43.1 Å². The number of nitrogens with one attached hydrogen (secondary N) is 1. The van der Waals surface area contributed by atoms with E-state index in [4.69, 9.17) is 20.8 Å². The van der Waals surface area contributed by atoms with E-state index in [9.17, 15) is 9.59 Å². The van der Waals surface area contributed by atoms with Crippen LogP contribution in [0.15, 0.2) is 40.8 Å². The Labute approximate surface area is 169 Å². The molecule has 0 radical (unpaired) electrons. The highest BCUT2D eigenvalue weighted by Gasteiger charge is 2.25. The van der Waals surface area contributed by atoms with Crippen LogP contribution in [0.1, 0.15) is 40.8 Å². The van der Waals surface area contributed by atoms with Crippen LogP contribution >= 0.6 is 11.6 Å². The van der Waals surface area contributed by atoms with Crippen molar-refractivity contribution in [2.45, 2.75) is 25.8 Å². The van der Waals surface area contributed by atoms with Gasteiger partial charge in [-0.05, 0) is 43.3 Å². The summed E-state index contributed by atoms with van der Waals surface area (Å²) in [6.07, 6.45) is 0.310. The van der Waals surface area contributed by atoms with Gasteiger partial charge in [-0.3, -0.25) is 14.5 Å². The quantitative estimate of drug-likeness (QED) is 0.683. The number of Topliss-reactive ketones (excluding diaryl/α,β-unsaturated/α-hetero) is 1. The van der Waals surface area contributed by atoms with Crippen LogP contribution in [0.5, 0.6) is 0 Å². The highest BCUT2D eigenvalue weighted by molar-refractivity contribution is 6.30. The van der Waals surface area contributed by atoms with Crippen LogP contribution in [0.4, 0.5) is 0 Å². The van der Waals surface area contributed by atoms with Gasteiger partial charge in [-0.2, -0.15) is 0 Å². The number of nitrogens with zero attached hydrogens (tertiary/aromatic N) is 1. The summed E-state index contributed by atoms with van der Waals surface area (Å²) in [5, 5.41) is 3.53. The summed E-state index contributed by atoms with van der Waals surface area (Å²) in [6, 6.07) is 10.5. The summed E-state index contributed by atoms with van der Waals surface area (Å²) in [5.74, 6) is 1.45. The third kappa shape index (κ3) is 5.67. The van der Waals surface area contributed by atoms with Gasteiger partial charge in [-0.15, -0.1) is 0 Å². The van der Waals surface area contributed by atoms with E-state index >= 15 is 0 Å². The first-order valence-corrected chi connectivity index (χ1v) is 9.84. The first kappa shape index (κ1) is 20.6. The monoisotopic (exact) mass is 404 g/mol. The number of hydrogen-bond donors (Lipinski definition) is 1. The maximum Gasteiger partial charge on any atom is 0.220 e. The van der Waals surface area contributed by atoms with Gasteiger partial charge in [-0.1, -0.05) is 11.6 Å². The number of morpholine rings is 1. The van der Waals surface area contributed by atoms with Crippen LogP contribution in [-0.2, 0) is 9.53 Å². The van der Waals surface area contributed by atoms with E-state index in [1.54, 1.807) is 24.3 Å². The van der Waals surface area contributed by atoms with E-state index in [2.05, 4.69) is 10.2 Å². The summed E-state index contributed by atoms with van der Waals surface area (Å²) in [7, 11) is 0. The van der Waals surface area contributed by atoms with E-state index in [0.717, 1.165) is 24.6 Å². The number of carbonyl (C=O) groups excluding carboxylic acids is 2. The first-order valence-electron chi connectivity index (χ1n) is 9.46. The highest BCUT2D eigenvalue weighted by Crippen LogP contribution is 2.23. The Balaban J connectivity index is 1.52. The molecule has 7 heteroatoms. The molecule has 150 valence electrons. The minimum Gasteiger partial charge on any atom is -0.465 e. The number of rotatable bonds is 8. The van der Waals surface area contributed by atoms with E-state index in [1.807, 2.05) is 19.1 Å². The third-order valence-corrected chi connectivity index (χ3v) is 5.07. The van der Waals surface area contributed by atoms with Crippen LogP contribution in [0.25, 0.3) is 0 Å². The van der Waals surface area contributed by atoms with E-state index in [1.165, 1.54) is 0 Å². The summed E-state index contributed by atoms with van der Waals surface area (Å²) in [4.78, 5) is 26.8. The summed E-state index contributed by atoms with van der Waals surface area (Å²) in [6.45, 7) is 5.24. The normalized spacial score (nSPS) is 15.9. The fourth-order valence-electron chi connectivity index (χ4n) is 3.24. The minimum absolute atomic E-state index is 0.0477. The van der Waals surface area contributed by atoms with Crippen molar-refractivity contribution in [3.8, 4) is 0 Å². The number of carbonyl (C=O) groups is 2. The Morgan fingerprint density at radius 3 is 2.46 bits per heavy atom. The van der Waals surface area contributed by atoms with Crippen molar-refractivity contribution in [3.63, 3.8) is 0 Å². The second-order valence-electron chi connectivity index (χ2n) is 6.85. The maximum absolute atomic E-state index is 12.3. The van der Waals surface area contributed by atoms with Gasteiger partial charge in [0.05, 0.1) is 19.3 Å². The molecule has 1 aromatic carbocycles. The number of ether oxygens (including phenoxy) is 1. The number of furan rings is 1. The zero-order valence-corrected chi connectivity index (χ0v) is 16.7. The molecule has 1 saturated heterocycles. The Morgan fingerprint density at radius 1 is 1.11 bits per heavy atom. The molecule has 3 rings (SSSR count). The molecule has 0 aliphatic carbocycles. The molecule has 0 spiro atoms. The highest BCUT2D eigenvalue weighted by atomic mass is 35.5. The predicted octanol–water partition coefficient (Wildman–Crippen LogP) is 3.39. The number of benzene rings is 1. The summed E-state index contributed by atoms with van der Waals surface area (Å²) >= 11 is 5.84. The van der Waals surface area contributed by atoms with Crippen LogP contribution < -0.4 is 5.32 Å². The number of aryl methyl sites for hydroxylation is 1. The molecule has 1 amide bonds. The van der Waals surface area contributed by atoms with E-state index in [0.29, 0.717) is 30.3 Å². The van der Waals surface area contributed by atoms with Crippen LogP contribution in [0.3, 0.4) is 0 Å². The Hall–Kier alpha value is -2.15. The van der Waals surface area contributed by atoms with E-state index < -0.39 is 0 Å². The molecule has 1 N–H and O–H groups in total. The molecule has 6 nitrogen and oxygen atoms in total. The summed E-state index contributed by atoms with van der Waals surface area (Å²) < 4.78 is 11.2. The van der Waals surface area contributed by atoms with Crippen molar-refractivity contribution in [1.82, 2.24) is 10.2 Å². The predicted molar refractivity (Wildman–Crippen MR) is 107 cm³/mol. The molecular weight excluding hydrogens is 380 g/mol. The molecule has 0 bridgehead atoms. The van der Waals surface area contributed by atoms with Gasteiger partial charge in [0.25, 0.3) is 0 Å². The Morgan fingerprint density at radius 2 is 1.82 bits per heavy atom. The second-order valence-corrected chi connectivity index (χ2v) is 7.28. The Kier molecular flexibility index (Phi) is 7.25. The van der Waals surface area contributed by atoms with Gasteiger partial charge in [-0.25, -0.2) is 0 Å². The number of ketones is 1. The fraction of sp³-hybridized carbons (Fsp3) is 0.429. The van der Waals surface area contributed by atoms with Crippen molar-refractivity contribution in [3.05, 3.63) is 58.5 Å². The van der Waals surface area contributed by atoms with Gasteiger partial charge in [0.1, 0.15) is 11.5 Å². The average molecular weight is 405 g/mol. The Bertz CT molecular complexity index is 797. The van der Waals surface area contributed by atoms with Gasteiger partial charge < -0.3 is 14.5 Å². The fourth-order valence-corrected chi connectivity index (χ4v) is 3.36. The lowest BCUT2D eigenvalue weighted by atomic mass is 10.1. The van der Waals surface area contributed by atoms with Gasteiger partial charge >= 0.3 is 0 Å². The zero-order chi connectivity index (χ0) is 19.9. The molecule has 1 aliphatic rings. The molecule has 1 atom stereocenters. The summed E-state index contributed by atoms with van der Waals surface area (Å²) in [5.41, 5.74) is 0.564. The van der Waals surface area contributed by atoms with E-state index in [-0.39, 0.29) is 30.6 Å². The third-order valence-electron chi connectivity index (χ3n) is 4.81. The van der Waals surface area contributed by atoms with Crippen molar-refractivity contribution in [2.24, 2.45) is 0 Å². The lowest BCUT2D eigenvalue weighted by Gasteiger charge is -2.33. The second kappa shape index (κ2) is 9.87. The lowest BCUT2D eigenvalue weighted by molar-refractivity contribution is -0.121. The standard InChI is InChI=1S/C21H25ClN2O4/c1-15-2-8-20(28-15)18(24-10-12-27-13-11-24)14-23-21(26)9-7-19(25)16-3-5-17(22)6-4-16/h2-6,8,18H,7,9-14H2,1H3,(H,23,26). The minimum atomic E-state index is -0.149. The SMILES string of the molecule is Cc1ccc(C(CNC(=O)CCC(=O)c2ccc(Cl)cc2)N2CCOCC2)o1.